The smallest absolute Gasteiger partial charge is 0.244 e. The van der Waals surface area contributed by atoms with Crippen molar-refractivity contribution in [3.05, 3.63) is 71.6 Å². The Morgan fingerprint density at radius 1 is 1.13 bits per heavy atom. The zero-order chi connectivity index (χ0) is 21.7. The maximum Gasteiger partial charge on any atom is 0.244 e. The van der Waals surface area contributed by atoms with Gasteiger partial charge in [-0.1, -0.05) is 17.3 Å². The second-order valence-electron chi connectivity index (χ2n) is 6.74. The van der Waals surface area contributed by atoms with Crippen molar-refractivity contribution in [1.82, 2.24) is 15.0 Å². The minimum Gasteiger partial charge on any atom is -0.368 e. The van der Waals surface area contributed by atoms with Crippen LogP contribution in [-0.2, 0) is 16.0 Å². The van der Waals surface area contributed by atoms with Crippen molar-refractivity contribution >= 4 is 11.8 Å². The van der Waals surface area contributed by atoms with E-state index in [4.69, 9.17) is 10.3 Å². The lowest BCUT2D eigenvalue weighted by atomic mass is 10.0. The number of hydrogen-bond donors (Lipinski definition) is 1. The van der Waals surface area contributed by atoms with Gasteiger partial charge in [-0.3, -0.25) is 9.59 Å². The van der Waals surface area contributed by atoms with Crippen LogP contribution in [0, 0.1) is 11.6 Å². The second-order valence-corrected chi connectivity index (χ2v) is 6.74. The highest BCUT2D eigenvalue weighted by molar-refractivity contribution is 5.87. The molecule has 7 nitrogen and oxygen atoms in total. The molecule has 0 saturated carbocycles. The fraction of sp³-hybridized carbons (Fsp3) is 0.238. The van der Waals surface area contributed by atoms with Crippen LogP contribution in [0.1, 0.15) is 30.3 Å². The van der Waals surface area contributed by atoms with Gasteiger partial charge in [0.05, 0.1) is 0 Å². The number of nitrogens with two attached hydrogens (primary N) is 1. The van der Waals surface area contributed by atoms with E-state index in [0.29, 0.717) is 35.7 Å². The van der Waals surface area contributed by atoms with Crippen molar-refractivity contribution in [3.63, 3.8) is 0 Å². The minimum absolute atomic E-state index is 0.101. The summed E-state index contributed by atoms with van der Waals surface area (Å²) < 4.78 is 31.7. The molecule has 0 bridgehead atoms. The fourth-order valence-corrected chi connectivity index (χ4v) is 3.04. The van der Waals surface area contributed by atoms with Crippen molar-refractivity contribution in [2.75, 3.05) is 7.05 Å². The molecule has 0 fully saturated rings. The molecule has 0 aliphatic rings. The summed E-state index contributed by atoms with van der Waals surface area (Å²) in [6, 6.07) is 10.0. The zero-order valence-corrected chi connectivity index (χ0v) is 16.2. The predicted octanol–water partition coefficient (Wildman–Crippen LogP) is 3.02. The van der Waals surface area contributed by atoms with Crippen molar-refractivity contribution in [1.29, 1.82) is 0 Å². The van der Waals surface area contributed by atoms with Crippen LogP contribution in [0.2, 0.25) is 0 Å². The molecular formula is C21H20F2N4O3. The predicted molar refractivity (Wildman–Crippen MR) is 104 cm³/mol. The van der Waals surface area contributed by atoms with Gasteiger partial charge in [-0.25, -0.2) is 8.78 Å². The lowest BCUT2D eigenvalue weighted by Gasteiger charge is -2.26. The van der Waals surface area contributed by atoms with E-state index in [0.717, 1.165) is 0 Å². The number of likely N-dealkylation sites (N-methyl/N-ethyl adjacent to an activating group) is 1. The first-order valence-corrected chi connectivity index (χ1v) is 9.24. The summed E-state index contributed by atoms with van der Waals surface area (Å²) in [6.45, 7) is 0. The number of aromatic nitrogens is 2. The van der Waals surface area contributed by atoms with Crippen LogP contribution in [-0.4, -0.2) is 33.9 Å². The monoisotopic (exact) mass is 414 g/mol. The summed E-state index contributed by atoms with van der Waals surface area (Å²) >= 11 is 0. The molecule has 3 aromatic rings. The molecule has 3 rings (SSSR count). The van der Waals surface area contributed by atoms with Gasteiger partial charge in [-0.2, -0.15) is 4.98 Å². The largest absolute Gasteiger partial charge is 0.368 e. The van der Waals surface area contributed by atoms with E-state index < -0.39 is 17.8 Å². The first kappa shape index (κ1) is 21.1. The minimum atomic E-state index is -1.07. The van der Waals surface area contributed by atoms with Crippen LogP contribution in [0.3, 0.4) is 0 Å². The van der Waals surface area contributed by atoms with Crippen LogP contribution in [0.5, 0.6) is 0 Å². The van der Waals surface area contributed by atoms with Gasteiger partial charge in [0.25, 0.3) is 0 Å². The van der Waals surface area contributed by atoms with Crippen molar-refractivity contribution in [2.45, 2.75) is 25.3 Å². The average molecular weight is 414 g/mol. The molecule has 1 unspecified atom stereocenters. The Morgan fingerprint density at radius 3 is 2.53 bits per heavy atom. The molecule has 2 amide bonds. The fourth-order valence-electron chi connectivity index (χ4n) is 3.04. The number of hydrogen-bond acceptors (Lipinski definition) is 5. The Morgan fingerprint density at radius 2 is 1.87 bits per heavy atom. The summed E-state index contributed by atoms with van der Waals surface area (Å²) in [5.74, 6) is -1.31. The summed E-state index contributed by atoms with van der Waals surface area (Å²) in [7, 11) is 1.45. The van der Waals surface area contributed by atoms with Crippen LogP contribution < -0.4 is 5.73 Å². The van der Waals surface area contributed by atoms with E-state index >= 15 is 0 Å². The highest BCUT2D eigenvalue weighted by Crippen LogP contribution is 2.22. The number of aryl methyl sites for hydroxylation is 1. The summed E-state index contributed by atoms with van der Waals surface area (Å²) in [4.78, 5) is 29.8. The molecule has 0 aliphatic heterocycles. The van der Waals surface area contributed by atoms with E-state index in [9.17, 15) is 18.4 Å². The third-order valence-corrected chi connectivity index (χ3v) is 4.57. The third kappa shape index (κ3) is 5.05. The van der Waals surface area contributed by atoms with E-state index in [1.165, 1.54) is 48.3 Å². The first-order chi connectivity index (χ1) is 14.3. The highest BCUT2D eigenvalue weighted by atomic mass is 19.1. The van der Waals surface area contributed by atoms with E-state index in [1.54, 1.807) is 12.1 Å². The van der Waals surface area contributed by atoms with E-state index in [2.05, 4.69) is 10.1 Å². The normalized spacial score (nSPS) is 11.8. The lowest BCUT2D eigenvalue weighted by Crippen LogP contribution is -2.39. The molecule has 1 aromatic heterocycles. The quantitative estimate of drug-likeness (QED) is 0.610. The van der Waals surface area contributed by atoms with Crippen LogP contribution in [0.15, 0.2) is 53.1 Å². The zero-order valence-electron chi connectivity index (χ0n) is 16.2. The van der Waals surface area contributed by atoms with Crippen molar-refractivity contribution in [3.8, 4) is 11.4 Å². The average Bonchev–Trinajstić information content (AvgIpc) is 3.17. The Kier molecular flexibility index (Phi) is 6.51. The van der Waals surface area contributed by atoms with Gasteiger partial charge in [0.1, 0.15) is 17.7 Å². The Bertz CT molecular complexity index is 1040. The SMILES string of the molecule is CN(C(=O)CCCc1nc(-c2ccc(F)cc2)no1)C(C(N)=O)c1cccc(F)c1. The van der Waals surface area contributed by atoms with E-state index in [1.807, 2.05) is 0 Å². The molecule has 1 atom stereocenters. The molecule has 9 heteroatoms. The molecule has 1 heterocycles. The number of amides is 2. The Hall–Kier alpha value is -3.62. The molecule has 0 saturated heterocycles. The summed E-state index contributed by atoms with van der Waals surface area (Å²) in [5, 5.41) is 3.85. The summed E-state index contributed by atoms with van der Waals surface area (Å²) in [5.41, 5.74) is 6.35. The van der Waals surface area contributed by atoms with Gasteiger partial charge in [0.15, 0.2) is 0 Å². The maximum absolute atomic E-state index is 13.5. The Balaban J connectivity index is 1.58. The highest BCUT2D eigenvalue weighted by Gasteiger charge is 2.26. The number of carbonyl (C=O) groups is 2. The van der Waals surface area contributed by atoms with Gasteiger partial charge in [0.2, 0.25) is 23.5 Å². The molecule has 2 N–H and O–H groups in total. The number of carbonyl (C=O) groups excluding carboxylic acids is 2. The van der Waals surface area contributed by atoms with Gasteiger partial charge >= 0.3 is 0 Å². The molecule has 2 aromatic carbocycles. The number of nitrogens with zero attached hydrogens (tertiary/aromatic N) is 3. The molecule has 30 heavy (non-hydrogen) atoms. The molecule has 0 aliphatic carbocycles. The van der Waals surface area contributed by atoms with Gasteiger partial charge in [-0.05, 0) is 48.4 Å². The van der Waals surface area contributed by atoms with Crippen molar-refractivity contribution < 1.29 is 22.9 Å². The first-order valence-electron chi connectivity index (χ1n) is 9.24. The van der Waals surface area contributed by atoms with Crippen molar-refractivity contribution in [2.24, 2.45) is 5.73 Å². The number of primary amides is 1. The number of benzene rings is 2. The number of halogens is 2. The third-order valence-electron chi connectivity index (χ3n) is 4.57. The Labute approximate surface area is 171 Å². The van der Waals surface area contributed by atoms with Gasteiger partial charge in [0, 0.05) is 25.5 Å². The van der Waals surface area contributed by atoms with Gasteiger partial charge < -0.3 is 15.2 Å². The lowest BCUT2D eigenvalue weighted by molar-refractivity contribution is -0.138. The van der Waals surface area contributed by atoms with E-state index in [-0.39, 0.29) is 18.1 Å². The molecular weight excluding hydrogens is 394 g/mol. The molecule has 0 spiro atoms. The van der Waals surface area contributed by atoms with Gasteiger partial charge in [-0.15, -0.1) is 0 Å². The van der Waals surface area contributed by atoms with Crippen LogP contribution in [0.4, 0.5) is 8.78 Å². The van der Waals surface area contributed by atoms with Crippen LogP contribution >= 0.6 is 0 Å². The standard InChI is InChI=1S/C21H20F2N4O3/c1-27(19(20(24)29)14-4-2-5-16(23)12-14)18(28)7-3-6-17-25-21(26-30-17)13-8-10-15(22)11-9-13/h2,4-5,8-12,19H,3,6-7H2,1H3,(H2,24,29). The second kappa shape index (κ2) is 9.25. The number of rotatable bonds is 8. The maximum atomic E-state index is 13.5. The summed E-state index contributed by atoms with van der Waals surface area (Å²) in [6.07, 6.45) is 0.835. The van der Waals surface area contributed by atoms with Crippen LogP contribution in [0.25, 0.3) is 11.4 Å². The molecule has 0 radical (unpaired) electrons. The molecule has 156 valence electrons. The topological polar surface area (TPSA) is 102 Å².